The molecule has 0 aliphatic rings. The SMILES string of the molecule is CCCCNC(=O)c1ccc(-c2ccc(S(C)(=O)=O)cc2)o1. The number of sulfone groups is 1. The first kappa shape index (κ1) is 16.3. The third-order valence-corrected chi connectivity index (χ3v) is 4.34. The van der Waals surface area contributed by atoms with Gasteiger partial charge in [0, 0.05) is 18.4 Å². The van der Waals surface area contributed by atoms with Crippen LogP contribution in [0.25, 0.3) is 11.3 Å². The number of hydrogen-bond donors (Lipinski definition) is 1. The molecule has 0 aliphatic carbocycles. The molecule has 0 unspecified atom stereocenters. The topological polar surface area (TPSA) is 76.4 Å². The van der Waals surface area contributed by atoms with E-state index in [0.717, 1.165) is 24.7 Å². The number of unbranched alkanes of at least 4 members (excludes halogenated alkanes) is 1. The maximum absolute atomic E-state index is 11.9. The Balaban J connectivity index is 2.12. The van der Waals surface area contributed by atoms with E-state index in [9.17, 15) is 13.2 Å². The summed E-state index contributed by atoms with van der Waals surface area (Å²) in [6.45, 7) is 2.67. The summed E-state index contributed by atoms with van der Waals surface area (Å²) in [6, 6.07) is 9.68. The van der Waals surface area contributed by atoms with Crippen LogP contribution < -0.4 is 5.32 Å². The van der Waals surface area contributed by atoms with E-state index >= 15 is 0 Å². The van der Waals surface area contributed by atoms with Gasteiger partial charge in [0.1, 0.15) is 5.76 Å². The van der Waals surface area contributed by atoms with Gasteiger partial charge in [-0.25, -0.2) is 8.42 Å². The van der Waals surface area contributed by atoms with Crippen molar-refractivity contribution in [2.45, 2.75) is 24.7 Å². The van der Waals surface area contributed by atoms with Gasteiger partial charge in [-0.15, -0.1) is 0 Å². The number of furan rings is 1. The largest absolute Gasteiger partial charge is 0.451 e. The molecular formula is C16H19NO4S. The molecule has 2 aromatic rings. The van der Waals surface area contributed by atoms with Crippen molar-refractivity contribution in [3.8, 4) is 11.3 Å². The van der Waals surface area contributed by atoms with Crippen molar-refractivity contribution in [1.29, 1.82) is 0 Å². The third kappa shape index (κ3) is 3.98. The minimum absolute atomic E-state index is 0.243. The smallest absolute Gasteiger partial charge is 0.287 e. The predicted molar refractivity (Wildman–Crippen MR) is 84.5 cm³/mol. The molecule has 1 amide bonds. The Kier molecular flexibility index (Phi) is 5.03. The van der Waals surface area contributed by atoms with Crippen molar-refractivity contribution in [2.24, 2.45) is 0 Å². The van der Waals surface area contributed by atoms with Gasteiger partial charge in [-0.3, -0.25) is 4.79 Å². The molecule has 2 rings (SSSR count). The highest BCUT2D eigenvalue weighted by Gasteiger charge is 2.12. The van der Waals surface area contributed by atoms with Gasteiger partial charge in [-0.1, -0.05) is 13.3 Å². The second-order valence-electron chi connectivity index (χ2n) is 5.07. The Hall–Kier alpha value is -2.08. The fraction of sp³-hybridized carbons (Fsp3) is 0.312. The van der Waals surface area contributed by atoms with Crippen LogP contribution >= 0.6 is 0 Å². The fourth-order valence-electron chi connectivity index (χ4n) is 1.95. The number of nitrogens with one attached hydrogen (secondary N) is 1. The minimum Gasteiger partial charge on any atom is -0.451 e. The van der Waals surface area contributed by atoms with Gasteiger partial charge >= 0.3 is 0 Å². The molecule has 0 spiro atoms. The van der Waals surface area contributed by atoms with E-state index in [4.69, 9.17) is 4.42 Å². The van der Waals surface area contributed by atoms with Crippen LogP contribution in [0, 0.1) is 0 Å². The average Bonchev–Trinajstić information content (AvgIpc) is 2.96. The molecule has 1 heterocycles. The van der Waals surface area contributed by atoms with E-state index in [1.807, 2.05) is 0 Å². The zero-order valence-corrected chi connectivity index (χ0v) is 13.4. The molecule has 1 N–H and O–H groups in total. The van der Waals surface area contributed by atoms with Crippen molar-refractivity contribution in [3.05, 3.63) is 42.2 Å². The summed E-state index contributed by atoms with van der Waals surface area (Å²) in [5.41, 5.74) is 0.722. The molecule has 0 aliphatic heterocycles. The highest BCUT2D eigenvalue weighted by atomic mass is 32.2. The van der Waals surface area contributed by atoms with E-state index in [1.165, 1.54) is 12.1 Å². The number of hydrogen-bond acceptors (Lipinski definition) is 4. The van der Waals surface area contributed by atoms with Crippen LogP contribution in [-0.2, 0) is 9.84 Å². The van der Waals surface area contributed by atoms with Crippen LogP contribution in [0.5, 0.6) is 0 Å². The summed E-state index contributed by atoms with van der Waals surface area (Å²) < 4.78 is 28.4. The molecule has 0 saturated heterocycles. The van der Waals surface area contributed by atoms with E-state index in [0.29, 0.717) is 12.3 Å². The van der Waals surface area contributed by atoms with E-state index in [2.05, 4.69) is 12.2 Å². The van der Waals surface area contributed by atoms with Gasteiger partial charge in [0.15, 0.2) is 15.6 Å². The fourth-order valence-corrected chi connectivity index (χ4v) is 2.58. The minimum atomic E-state index is -3.22. The molecule has 1 aromatic heterocycles. The highest BCUT2D eigenvalue weighted by Crippen LogP contribution is 2.23. The second kappa shape index (κ2) is 6.79. The molecule has 1 aromatic carbocycles. The van der Waals surface area contributed by atoms with Gasteiger partial charge in [0.2, 0.25) is 0 Å². The van der Waals surface area contributed by atoms with Crippen molar-refractivity contribution in [1.82, 2.24) is 5.32 Å². The molecule has 6 heteroatoms. The summed E-state index contributed by atoms with van der Waals surface area (Å²) >= 11 is 0. The van der Waals surface area contributed by atoms with Crippen LogP contribution in [0.4, 0.5) is 0 Å². The first-order valence-electron chi connectivity index (χ1n) is 7.10. The standard InChI is InChI=1S/C16H19NO4S/c1-3-4-11-17-16(18)15-10-9-14(21-15)12-5-7-13(8-6-12)22(2,19)20/h5-10H,3-4,11H2,1-2H3,(H,17,18). The van der Waals surface area contributed by atoms with Crippen LogP contribution in [-0.4, -0.2) is 27.1 Å². The second-order valence-corrected chi connectivity index (χ2v) is 7.09. The van der Waals surface area contributed by atoms with Crippen LogP contribution in [0.15, 0.2) is 45.7 Å². The Labute approximate surface area is 130 Å². The van der Waals surface area contributed by atoms with Crippen molar-refractivity contribution in [3.63, 3.8) is 0 Å². The Morgan fingerprint density at radius 2 is 1.82 bits per heavy atom. The van der Waals surface area contributed by atoms with E-state index in [-0.39, 0.29) is 16.6 Å². The average molecular weight is 321 g/mol. The summed E-state index contributed by atoms with van der Waals surface area (Å²) in [6.07, 6.45) is 3.09. The first-order valence-corrected chi connectivity index (χ1v) is 8.99. The number of benzene rings is 1. The van der Waals surface area contributed by atoms with E-state index in [1.54, 1.807) is 24.3 Å². The zero-order chi connectivity index (χ0) is 16.2. The number of amides is 1. The lowest BCUT2D eigenvalue weighted by molar-refractivity contribution is 0.0926. The number of carbonyl (C=O) groups is 1. The van der Waals surface area contributed by atoms with Crippen LogP contribution in [0.2, 0.25) is 0 Å². The first-order chi connectivity index (χ1) is 10.4. The van der Waals surface area contributed by atoms with E-state index < -0.39 is 9.84 Å². The molecular weight excluding hydrogens is 302 g/mol. The highest BCUT2D eigenvalue weighted by molar-refractivity contribution is 7.90. The Morgan fingerprint density at radius 1 is 1.14 bits per heavy atom. The molecule has 22 heavy (non-hydrogen) atoms. The summed E-state index contributed by atoms with van der Waals surface area (Å²) in [4.78, 5) is 12.1. The zero-order valence-electron chi connectivity index (χ0n) is 12.6. The molecule has 118 valence electrons. The maximum Gasteiger partial charge on any atom is 0.287 e. The summed E-state index contributed by atoms with van der Waals surface area (Å²) in [5.74, 6) is 0.534. The lowest BCUT2D eigenvalue weighted by Gasteiger charge is -2.02. The van der Waals surface area contributed by atoms with Gasteiger partial charge in [-0.05, 0) is 42.8 Å². The van der Waals surface area contributed by atoms with Gasteiger partial charge in [0.05, 0.1) is 4.90 Å². The third-order valence-electron chi connectivity index (χ3n) is 3.21. The number of rotatable bonds is 6. The Morgan fingerprint density at radius 3 is 2.41 bits per heavy atom. The maximum atomic E-state index is 11.9. The molecule has 0 fully saturated rings. The molecule has 0 saturated carbocycles. The van der Waals surface area contributed by atoms with Gasteiger partial charge in [-0.2, -0.15) is 0 Å². The molecule has 0 bridgehead atoms. The number of carbonyl (C=O) groups excluding carboxylic acids is 1. The van der Waals surface area contributed by atoms with Crippen molar-refractivity contribution >= 4 is 15.7 Å². The quantitative estimate of drug-likeness (QED) is 0.830. The summed E-state index contributed by atoms with van der Waals surface area (Å²) in [5, 5.41) is 2.78. The molecule has 0 atom stereocenters. The van der Waals surface area contributed by atoms with Crippen molar-refractivity contribution < 1.29 is 17.6 Å². The monoisotopic (exact) mass is 321 g/mol. The van der Waals surface area contributed by atoms with Crippen LogP contribution in [0.1, 0.15) is 30.3 Å². The van der Waals surface area contributed by atoms with Crippen LogP contribution in [0.3, 0.4) is 0 Å². The Bertz CT molecular complexity index is 745. The normalized spacial score (nSPS) is 11.4. The predicted octanol–water partition coefficient (Wildman–Crippen LogP) is 2.88. The molecule has 5 nitrogen and oxygen atoms in total. The lowest BCUT2D eigenvalue weighted by Crippen LogP contribution is -2.23. The summed E-state index contributed by atoms with van der Waals surface area (Å²) in [7, 11) is -3.22. The van der Waals surface area contributed by atoms with Crippen molar-refractivity contribution in [2.75, 3.05) is 12.8 Å². The van der Waals surface area contributed by atoms with Gasteiger partial charge < -0.3 is 9.73 Å². The molecule has 0 radical (unpaired) electrons. The lowest BCUT2D eigenvalue weighted by atomic mass is 10.2. The van der Waals surface area contributed by atoms with Gasteiger partial charge in [0.25, 0.3) is 5.91 Å².